The first-order valence-electron chi connectivity index (χ1n) is 3.19. The average Bonchev–Trinajstić information content (AvgIpc) is 1.85. The van der Waals surface area contributed by atoms with E-state index in [1.165, 1.54) is 0 Å². The highest BCUT2D eigenvalue weighted by atomic mass is 35.5. The van der Waals surface area contributed by atoms with Gasteiger partial charge in [0, 0.05) is 11.6 Å². The van der Waals surface area contributed by atoms with E-state index in [4.69, 9.17) is 28.9 Å². The van der Waals surface area contributed by atoms with E-state index in [0.29, 0.717) is 10.3 Å². The molecule has 0 aromatic carbocycles. The Morgan fingerprint density at radius 1 is 1.42 bits per heavy atom. The van der Waals surface area contributed by atoms with Crippen LogP contribution in [0.3, 0.4) is 0 Å². The Balaban J connectivity index is 0.00000121. The van der Waals surface area contributed by atoms with Crippen LogP contribution in [0.15, 0.2) is 12.1 Å². The summed E-state index contributed by atoms with van der Waals surface area (Å²) in [7, 11) is 0. The maximum atomic E-state index is 5.75. The van der Waals surface area contributed by atoms with E-state index in [1.54, 1.807) is 12.1 Å². The maximum absolute atomic E-state index is 5.75. The third kappa shape index (κ3) is 2.79. The summed E-state index contributed by atoms with van der Waals surface area (Å²) in [5.74, 6) is 0. The Morgan fingerprint density at radius 2 is 2.00 bits per heavy atom. The number of halogens is 3. The van der Waals surface area contributed by atoms with Gasteiger partial charge in [0.25, 0.3) is 0 Å². The number of rotatable bonds is 1. The first kappa shape index (κ1) is 12.0. The van der Waals surface area contributed by atoms with Crippen molar-refractivity contribution in [3.63, 3.8) is 0 Å². The van der Waals surface area contributed by atoms with Gasteiger partial charge in [-0.3, -0.25) is 0 Å². The fraction of sp³-hybridized carbons (Fsp3) is 0.286. The highest BCUT2D eigenvalue weighted by Crippen LogP contribution is 2.20. The molecular formula is C7H9Cl3N2. The van der Waals surface area contributed by atoms with Crippen molar-refractivity contribution in [2.75, 3.05) is 0 Å². The van der Waals surface area contributed by atoms with E-state index in [1.807, 2.05) is 6.92 Å². The van der Waals surface area contributed by atoms with Crippen LogP contribution in [-0.4, -0.2) is 4.98 Å². The largest absolute Gasteiger partial charge is 0.324 e. The minimum atomic E-state index is -0.104. The first-order valence-corrected chi connectivity index (χ1v) is 3.94. The number of nitrogens with zero attached hydrogens (tertiary/aromatic N) is 1. The lowest BCUT2D eigenvalue weighted by Gasteiger charge is -2.06. The van der Waals surface area contributed by atoms with Crippen molar-refractivity contribution in [3.8, 4) is 0 Å². The van der Waals surface area contributed by atoms with E-state index in [2.05, 4.69) is 4.98 Å². The fourth-order valence-electron chi connectivity index (χ4n) is 0.763. The van der Waals surface area contributed by atoms with Crippen molar-refractivity contribution in [3.05, 3.63) is 28.0 Å². The van der Waals surface area contributed by atoms with E-state index in [0.717, 1.165) is 5.56 Å². The average molecular weight is 228 g/mol. The number of aromatic nitrogens is 1. The summed E-state index contributed by atoms with van der Waals surface area (Å²) in [6.07, 6.45) is 0. The van der Waals surface area contributed by atoms with Gasteiger partial charge in [0.1, 0.15) is 10.3 Å². The van der Waals surface area contributed by atoms with Crippen LogP contribution in [0.1, 0.15) is 18.5 Å². The smallest absolute Gasteiger partial charge is 0.135 e. The molecule has 0 bridgehead atoms. The van der Waals surface area contributed by atoms with Crippen LogP contribution < -0.4 is 5.73 Å². The molecule has 0 fully saturated rings. The summed E-state index contributed by atoms with van der Waals surface area (Å²) in [5.41, 5.74) is 6.41. The van der Waals surface area contributed by atoms with Crippen LogP contribution >= 0.6 is 35.6 Å². The standard InChI is InChI=1S/C7H8Cl2N2.ClH/c1-4(10)5-2-3-6(8)11-7(5)9;/h2-4H,10H2,1H3;1H/t4-;/m1./s1. The van der Waals surface area contributed by atoms with Gasteiger partial charge in [0.15, 0.2) is 0 Å². The van der Waals surface area contributed by atoms with Crippen LogP contribution in [0, 0.1) is 0 Å². The molecular weight excluding hydrogens is 218 g/mol. The molecule has 12 heavy (non-hydrogen) atoms. The monoisotopic (exact) mass is 226 g/mol. The molecule has 0 saturated heterocycles. The van der Waals surface area contributed by atoms with Crippen molar-refractivity contribution in [1.82, 2.24) is 4.98 Å². The van der Waals surface area contributed by atoms with Crippen LogP contribution in [0.5, 0.6) is 0 Å². The number of hydrogen-bond donors (Lipinski definition) is 1. The predicted molar refractivity (Wildman–Crippen MR) is 54.1 cm³/mol. The lowest BCUT2D eigenvalue weighted by Crippen LogP contribution is -2.06. The van der Waals surface area contributed by atoms with Gasteiger partial charge in [-0.25, -0.2) is 4.98 Å². The maximum Gasteiger partial charge on any atom is 0.135 e. The summed E-state index contributed by atoms with van der Waals surface area (Å²) in [4.78, 5) is 3.85. The van der Waals surface area contributed by atoms with Crippen molar-refractivity contribution in [1.29, 1.82) is 0 Å². The highest BCUT2D eigenvalue weighted by molar-refractivity contribution is 6.32. The zero-order valence-corrected chi connectivity index (χ0v) is 8.75. The molecule has 2 nitrogen and oxygen atoms in total. The normalized spacial score (nSPS) is 12.0. The highest BCUT2D eigenvalue weighted by Gasteiger charge is 2.05. The Morgan fingerprint density at radius 3 is 2.42 bits per heavy atom. The van der Waals surface area contributed by atoms with Gasteiger partial charge >= 0.3 is 0 Å². The third-order valence-corrected chi connectivity index (χ3v) is 1.85. The molecule has 0 aliphatic heterocycles. The minimum Gasteiger partial charge on any atom is -0.324 e. The van der Waals surface area contributed by atoms with Gasteiger partial charge in [-0.2, -0.15) is 0 Å². The van der Waals surface area contributed by atoms with E-state index < -0.39 is 0 Å². The lowest BCUT2D eigenvalue weighted by molar-refractivity contribution is 0.812. The number of pyridine rings is 1. The van der Waals surface area contributed by atoms with Crippen molar-refractivity contribution >= 4 is 35.6 Å². The van der Waals surface area contributed by atoms with Gasteiger partial charge in [-0.15, -0.1) is 12.4 Å². The molecule has 0 saturated carbocycles. The minimum absolute atomic E-state index is 0. The number of hydrogen-bond acceptors (Lipinski definition) is 2. The molecule has 1 heterocycles. The second kappa shape index (κ2) is 4.87. The van der Waals surface area contributed by atoms with Gasteiger partial charge in [0.05, 0.1) is 0 Å². The molecule has 0 unspecified atom stereocenters. The van der Waals surface area contributed by atoms with Gasteiger partial charge in [-0.1, -0.05) is 29.3 Å². The Hall–Kier alpha value is -0.0200. The third-order valence-electron chi connectivity index (χ3n) is 1.33. The zero-order valence-electron chi connectivity index (χ0n) is 6.42. The SMILES string of the molecule is C[C@@H](N)c1ccc(Cl)nc1Cl.Cl. The van der Waals surface area contributed by atoms with Crippen LogP contribution in [0.25, 0.3) is 0 Å². The predicted octanol–water partition coefficient (Wildman–Crippen LogP) is 2.83. The first-order chi connectivity index (χ1) is 5.11. The molecule has 1 atom stereocenters. The van der Waals surface area contributed by atoms with E-state index in [9.17, 15) is 0 Å². The quantitative estimate of drug-likeness (QED) is 0.749. The summed E-state index contributed by atoms with van der Waals surface area (Å²) < 4.78 is 0. The molecule has 0 aliphatic rings. The summed E-state index contributed by atoms with van der Waals surface area (Å²) >= 11 is 11.3. The van der Waals surface area contributed by atoms with E-state index >= 15 is 0 Å². The summed E-state index contributed by atoms with van der Waals surface area (Å²) in [5, 5.41) is 0.770. The molecule has 1 rings (SSSR count). The summed E-state index contributed by atoms with van der Waals surface area (Å²) in [6.45, 7) is 1.84. The van der Waals surface area contributed by atoms with Crippen LogP contribution in [0.2, 0.25) is 10.3 Å². The number of nitrogens with two attached hydrogens (primary N) is 1. The topological polar surface area (TPSA) is 38.9 Å². The fourth-order valence-corrected chi connectivity index (χ4v) is 1.28. The molecule has 68 valence electrons. The molecule has 1 aromatic heterocycles. The molecule has 2 N–H and O–H groups in total. The molecule has 0 spiro atoms. The zero-order chi connectivity index (χ0) is 8.43. The Kier molecular flexibility index (Phi) is 4.87. The van der Waals surface area contributed by atoms with Crippen molar-refractivity contribution in [2.45, 2.75) is 13.0 Å². The Bertz CT molecular complexity index is 263. The van der Waals surface area contributed by atoms with Crippen LogP contribution in [-0.2, 0) is 0 Å². The van der Waals surface area contributed by atoms with Gasteiger partial charge in [-0.05, 0) is 13.0 Å². The second-order valence-electron chi connectivity index (χ2n) is 2.30. The Labute approximate surface area is 87.5 Å². The van der Waals surface area contributed by atoms with Gasteiger partial charge in [0.2, 0.25) is 0 Å². The lowest BCUT2D eigenvalue weighted by atomic mass is 10.2. The van der Waals surface area contributed by atoms with Crippen molar-refractivity contribution in [2.24, 2.45) is 5.73 Å². The van der Waals surface area contributed by atoms with E-state index in [-0.39, 0.29) is 18.4 Å². The molecule has 0 aliphatic carbocycles. The molecule has 0 amide bonds. The molecule has 0 radical (unpaired) electrons. The molecule has 1 aromatic rings. The second-order valence-corrected chi connectivity index (χ2v) is 3.05. The van der Waals surface area contributed by atoms with Gasteiger partial charge < -0.3 is 5.73 Å². The van der Waals surface area contributed by atoms with Crippen molar-refractivity contribution < 1.29 is 0 Å². The molecule has 5 heteroatoms. The summed E-state index contributed by atoms with van der Waals surface area (Å²) in [6, 6.07) is 3.35. The van der Waals surface area contributed by atoms with Crippen LogP contribution in [0.4, 0.5) is 0 Å².